The molecule has 1 atom stereocenters. The van der Waals surface area contributed by atoms with E-state index in [0.29, 0.717) is 25.4 Å². The topological polar surface area (TPSA) is 71.8 Å². The van der Waals surface area contributed by atoms with Crippen LogP contribution in [0.1, 0.15) is 12.1 Å². The molecule has 0 saturated carbocycles. The molecule has 1 N–H and O–H groups in total. The van der Waals surface area contributed by atoms with Crippen LogP contribution in [0.15, 0.2) is 17.2 Å². The van der Waals surface area contributed by atoms with Crippen LogP contribution in [0, 0.1) is 5.92 Å². The summed E-state index contributed by atoms with van der Waals surface area (Å²) >= 11 is 0. The third kappa shape index (κ3) is 2.84. The molecular weight excluding hydrogens is 268 g/mol. The van der Waals surface area contributed by atoms with Crippen molar-refractivity contribution in [1.82, 2.24) is 8.87 Å². The van der Waals surface area contributed by atoms with Crippen LogP contribution in [-0.4, -0.2) is 49.2 Å². The van der Waals surface area contributed by atoms with Crippen molar-refractivity contribution in [3.8, 4) is 0 Å². The Hall–Kier alpha value is -0.890. The third-order valence-electron chi connectivity index (χ3n) is 3.53. The van der Waals surface area contributed by atoms with E-state index in [2.05, 4.69) is 0 Å². The molecule has 1 unspecified atom stereocenters. The highest BCUT2D eigenvalue weighted by Gasteiger charge is 2.33. The fourth-order valence-electron chi connectivity index (χ4n) is 2.41. The van der Waals surface area contributed by atoms with E-state index in [1.807, 2.05) is 0 Å². The number of hydrogen-bond acceptors (Lipinski definition) is 4. The highest BCUT2D eigenvalue weighted by Crippen LogP contribution is 2.25. The predicted octanol–water partition coefficient (Wildman–Crippen LogP) is 0.174. The average Bonchev–Trinajstić information content (AvgIpc) is 2.96. The second kappa shape index (κ2) is 5.62. The number of sulfonamides is 1. The minimum atomic E-state index is -3.46. The third-order valence-corrected chi connectivity index (χ3v) is 5.36. The van der Waals surface area contributed by atoms with Crippen LogP contribution < -0.4 is 0 Å². The zero-order chi connectivity index (χ0) is 14.0. The molecule has 0 aromatic carbocycles. The van der Waals surface area contributed by atoms with Crippen LogP contribution in [-0.2, 0) is 28.4 Å². The van der Waals surface area contributed by atoms with Crippen LogP contribution in [0.25, 0.3) is 0 Å². The van der Waals surface area contributed by atoms with Gasteiger partial charge >= 0.3 is 0 Å². The molecule has 1 fully saturated rings. The lowest BCUT2D eigenvalue weighted by molar-refractivity contribution is 0.157. The number of nitrogens with zero attached hydrogens (tertiary/aromatic N) is 2. The summed E-state index contributed by atoms with van der Waals surface area (Å²) in [5.74, 6) is 0.265. The Bertz CT molecular complexity index is 538. The monoisotopic (exact) mass is 288 g/mol. The minimum Gasteiger partial charge on any atom is -0.390 e. The Morgan fingerprint density at radius 2 is 2.26 bits per heavy atom. The summed E-state index contributed by atoms with van der Waals surface area (Å²) in [4.78, 5) is 0.247. The van der Waals surface area contributed by atoms with Crippen molar-refractivity contribution in [2.24, 2.45) is 13.0 Å². The second-order valence-corrected chi connectivity index (χ2v) is 6.85. The number of aryl methyl sites for hydroxylation is 1. The first-order chi connectivity index (χ1) is 8.98. The zero-order valence-electron chi connectivity index (χ0n) is 11.2. The van der Waals surface area contributed by atoms with E-state index in [0.717, 1.165) is 6.42 Å². The maximum absolute atomic E-state index is 12.5. The molecule has 108 valence electrons. The molecule has 2 rings (SSSR count). The molecule has 1 saturated heterocycles. The maximum atomic E-state index is 12.5. The maximum Gasteiger partial charge on any atom is 0.244 e. The largest absolute Gasteiger partial charge is 0.390 e. The summed E-state index contributed by atoms with van der Waals surface area (Å²) in [6, 6.07) is 1.53. The van der Waals surface area contributed by atoms with Crippen molar-refractivity contribution in [3.63, 3.8) is 0 Å². The number of methoxy groups -OCH3 is 1. The number of aromatic nitrogens is 1. The first-order valence-electron chi connectivity index (χ1n) is 6.24. The van der Waals surface area contributed by atoms with Crippen LogP contribution in [0.2, 0.25) is 0 Å². The first-order valence-corrected chi connectivity index (χ1v) is 7.68. The number of aliphatic hydroxyl groups excluding tert-OH is 1. The Morgan fingerprint density at radius 1 is 1.53 bits per heavy atom. The van der Waals surface area contributed by atoms with Gasteiger partial charge in [0.15, 0.2) is 0 Å². The molecule has 2 heterocycles. The van der Waals surface area contributed by atoms with E-state index in [4.69, 9.17) is 9.84 Å². The zero-order valence-corrected chi connectivity index (χ0v) is 12.1. The van der Waals surface area contributed by atoms with Gasteiger partial charge in [-0.2, -0.15) is 4.31 Å². The van der Waals surface area contributed by atoms with Gasteiger partial charge < -0.3 is 14.4 Å². The average molecular weight is 288 g/mol. The molecule has 0 spiro atoms. The van der Waals surface area contributed by atoms with Crippen molar-refractivity contribution in [1.29, 1.82) is 0 Å². The van der Waals surface area contributed by atoms with Crippen LogP contribution in [0.3, 0.4) is 0 Å². The predicted molar refractivity (Wildman–Crippen MR) is 70.1 cm³/mol. The van der Waals surface area contributed by atoms with E-state index in [-0.39, 0.29) is 17.4 Å². The molecule has 1 aliphatic rings. The number of hydrogen-bond donors (Lipinski definition) is 1. The van der Waals surface area contributed by atoms with Crippen LogP contribution >= 0.6 is 0 Å². The Morgan fingerprint density at radius 3 is 2.84 bits per heavy atom. The fourth-order valence-corrected chi connectivity index (χ4v) is 4.04. The quantitative estimate of drug-likeness (QED) is 0.838. The van der Waals surface area contributed by atoms with Crippen LogP contribution in [0.4, 0.5) is 0 Å². The van der Waals surface area contributed by atoms with E-state index in [1.165, 1.54) is 10.4 Å². The van der Waals surface area contributed by atoms with Gasteiger partial charge in [0, 0.05) is 39.1 Å². The Labute approximate surface area is 113 Å². The molecule has 6 nitrogen and oxygen atoms in total. The summed E-state index contributed by atoms with van der Waals surface area (Å²) in [5, 5.41) is 9.13. The van der Waals surface area contributed by atoms with E-state index in [1.54, 1.807) is 24.9 Å². The first kappa shape index (κ1) is 14.5. The summed E-state index contributed by atoms with van der Waals surface area (Å²) < 4.78 is 33.1. The summed E-state index contributed by atoms with van der Waals surface area (Å²) in [6.07, 6.45) is 2.37. The highest BCUT2D eigenvalue weighted by molar-refractivity contribution is 7.89. The van der Waals surface area contributed by atoms with Crippen molar-refractivity contribution < 1.29 is 18.3 Å². The number of rotatable bonds is 5. The van der Waals surface area contributed by atoms with Crippen molar-refractivity contribution in [2.75, 3.05) is 26.8 Å². The lowest BCUT2D eigenvalue weighted by atomic mass is 10.1. The summed E-state index contributed by atoms with van der Waals surface area (Å²) in [7, 11) is -0.105. The van der Waals surface area contributed by atoms with E-state index in [9.17, 15) is 8.42 Å². The second-order valence-electron chi connectivity index (χ2n) is 4.91. The molecule has 19 heavy (non-hydrogen) atoms. The number of aliphatic hydroxyl groups is 1. The minimum absolute atomic E-state index is 0.168. The molecule has 1 aliphatic heterocycles. The van der Waals surface area contributed by atoms with Gasteiger partial charge in [0.25, 0.3) is 0 Å². The lowest BCUT2D eigenvalue weighted by Gasteiger charge is -2.15. The number of ether oxygens (including phenoxy) is 1. The van der Waals surface area contributed by atoms with Crippen molar-refractivity contribution >= 4 is 10.0 Å². The lowest BCUT2D eigenvalue weighted by Crippen LogP contribution is -2.29. The molecule has 1 aromatic heterocycles. The van der Waals surface area contributed by atoms with Crippen molar-refractivity contribution in [2.45, 2.75) is 17.9 Å². The van der Waals surface area contributed by atoms with Crippen molar-refractivity contribution in [3.05, 3.63) is 18.0 Å². The molecular formula is C12H20N2O4S. The molecule has 7 heteroatoms. The van der Waals surface area contributed by atoms with Gasteiger partial charge in [0.1, 0.15) is 4.90 Å². The van der Waals surface area contributed by atoms with E-state index < -0.39 is 10.0 Å². The normalized spacial score (nSPS) is 21.1. The van der Waals surface area contributed by atoms with Gasteiger partial charge in [-0.25, -0.2) is 8.42 Å². The van der Waals surface area contributed by atoms with Gasteiger partial charge in [-0.1, -0.05) is 0 Å². The van der Waals surface area contributed by atoms with Gasteiger partial charge in [0.05, 0.1) is 13.2 Å². The standard InChI is InChI=1S/C12H20N2O4S/c1-13-7-12(5-11(13)8-15)19(16,17)14-4-3-10(6-14)9-18-2/h5,7,10,15H,3-4,6,8-9H2,1-2H3. The Kier molecular flexibility index (Phi) is 4.29. The highest BCUT2D eigenvalue weighted by atomic mass is 32.2. The van der Waals surface area contributed by atoms with Gasteiger partial charge in [-0.15, -0.1) is 0 Å². The molecule has 0 aliphatic carbocycles. The SMILES string of the molecule is COCC1CCN(S(=O)(=O)c2cc(CO)n(C)c2)C1. The smallest absolute Gasteiger partial charge is 0.244 e. The van der Waals surface area contributed by atoms with Gasteiger partial charge in [-0.3, -0.25) is 0 Å². The summed E-state index contributed by atoms with van der Waals surface area (Å²) in [6.45, 7) is 1.44. The molecule has 1 aromatic rings. The Balaban J connectivity index is 2.18. The fraction of sp³-hybridized carbons (Fsp3) is 0.667. The molecule has 0 radical (unpaired) electrons. The van der Waals surface area contributed by atoms with E-state index >= 15 is 0 Å². The molecule has 0 amide bonds. The summed E-state index contributed by atoms with van der Waals surface area (Å²) in [5.41, 5.74) is 0.589. The van der Waals surface area contributed by atoms with Gasteiger partial charge in [-0.05, 0) is 18.4 Å². The van der Waals surface area contributed by atoms with Crippen LogP contribution in [0.5, 0.6) is 0 Å². The molecule has 0 bridgehead atoms. The van der Waals surface area contributed by atoms with Gasteiger partial charge in [0.2, 0.25) is 10.0 Å².